The normalized spacial score (nSPS) is 16.3. The highest BCUT2D eigenvalue weighted by molar-refractivity contribution is 5.90. The molecule has 0 spiro atoms. The summed E-state index contributed by atoms with van der Waals surface area (Å²) in [5.41, 5.74) is 0. The van der Waals surface area contributed by atoms with Crippen molar-refractivity contribution in [1.29, 1.82) is 0 Å². The molecule has 0 atom stereocenters. The summed E-state index contributed by atoms with van der Waals surface area (Å²) in [6.07, 6.45) is 0. The van der Waals surface area contributed by atoms with Gasteiger partial charge in [0.25, 0.3) is 11.7 Å². The van der Waals surface area contributed by atoms with Crippen molar-refractivity contribution in [2.75, 3.05) is 26.2 Å². The van der Waals surface area contributed by atoms with Crippen molar-refractivity contribution in [2.24, 2.45) is 0 Å². The van der Waals surface area contributed by atoms with Gasteiger partial charge in [-0.3, -0.25) is 9.59 Å². The summed E-state index contributed by atoms with van der Waals surface area (Å²) in [5.74, 6) is -0.153. The first-order valence-corrected chi connectivity index (χ1v) is 4.96. The quantitative estimate of drug-likeness (QED) is 0.626. The fourth-order valence-electron chi connectivity index (χ4n) is 1.62. The van der Waals surface area contributed by atoms with Gasteiger partial charge in [0.2, 0.25) is 5.91 Å². The van der Waals surface area contributed by atoms with Crippen molar-refractivity contribution in [3.63, 3.8) is 0 Å². The topological polar surface area (TPSA) is 95.1 Å². The Labute approximate surface area is 91.6 Å². The third kappa shape index (κ3) is 2.00. The molecule has 8 heteroatoms. The zero-order valence-electron chi connectivity index (χ0n) is 8.88. The molecule has 0 unspecified atom stereocenters. The van der Waals surface area contributed by atoms with Crippen molar-refractivity contribution < 1.29 is 9.59 Å². The molecule has 1 fully saturated rings. The molecular weight excluding hydrogens is 212 g/mol. The van der Waals surface area contributed by atoms with Crippen LogP contribution in [0.3, 0.4) is 0 Å². The van der Waals surface area contributed by atoms with Gasteiger partial charge in [-0.1, -0.05) is 0 Å². The summed E-state index contributed by atoms with van der Waals surface area (Å²) < 4.78 is 0. The molecule has 1 aliphatic heterocycles. The minimum absolute atomic E-state index is 0.0339. The molecule has 1 aromatic rings. The molecule has 0 radical (unpaired) electrons. The van der Waals surface area contributed by atoms with Crippen LogP contribution in [0.5, 0.6) is 0 Å². The fourth-order valence-corrected chi connectivity index (χ4v) is 1.62. The number of nitrogens with one attached hydrogen (secondary N) is 1. The molecule has 0 bridgehead atoms. The Bertz CT molecular complexity index is 381. The summed E-state index contributed by atoms with van der Waals surface area (Å²) in [6, 6.07) is 0. The Balaban J connectivity index is 1.94. The van der Waals surface area contributed by atoms with E-state index in [1.165, 1.54) is 6.92 Å². The zero-order chi connectivity index (χ0) is 11.5. The maximum atomic E-state index is 11.8. The van der Waals surface area contributed by atoms with Crippen LogP contribution in [-0.4, -0.2) is 68.4 Å². The molecule has 1 N–H and O–H groups in total. The lowest BCUT2D eigenvalue weighted by atomic mass is 10.3. The van der Waals surface area contributed by atoms with Gasteiger partial charge in [0, 0.05) is 33.1 Å². The molecule has 2 rings (SSSR count). The van der Waals surface area contributed by atoms with E-state index in [-0.39, 0.29) is 17.6 Å². The third-order valence-electron chi connectivity index (χ3n) is 2.55. The number of carbonyl (C=O) groups excluding carboxylic acids is 2. The first-order valence-electron chi connectivity index (χ1n) is 4.96. The van der Waals surface area contributed by atoms with Crippen molar-refractivity contribution >= 4 is 11.8 Å². The van der Waals surface area contributed by atoms with Crippen molar-refractivity contribution in [1.82, 2.24) is 30.4 Å². The second-order valence-corrected chi connectivity index (χ2v) is 3.53. The number of nitrogens with zero attached hydrogens (tertiary/aromatic N) is 5. The van der Waals surface area contributed by atoms with E-state index in [1.807, 2.05) is 0 Å². The van der Waals surface area contributed by atoms with Crippen LogP contribution in [-0.2, 0) is 4.79 Å². The predicted octanol–water partition coefficient (Wildman–Crippen LogP) is -1.50. The van der Waals surface area contributed by atoms with Crippen LogP contribution in [0.25, 0.3) is 0 Å². The van der Waals surface area contributed by atoms with Crippen molar-refractivity contribution in [2.45, 2.75) is 6.92 Å². The summed E-state index contributed by atoms with van der Waals surface area (Å²) in [6.45, 7) is 3.65. The van der Waals surface area contributed by atoms with E-state index < -0.39 is 0 Å². The smallest absolute Gasteiger partial charge is 0.295 e. The number of hydrogen-bond donors (Lipinski definition) is 1. The van der Waals surface area contributed by atoms with Crippen LogP contribution in [0.4, 0.5) is 0 Å². The number of rotatable bonds is 1. The lowest BCUT2D eigenvalue weighted by molar-refractivity contribution is -0.130. The van der Waals surface area contributed by atoms with Gasteiger partial charge < -0.3 is 9.80 Å². The van der Waals surface area contributed by atoms with E-state index in [0.717, 1.165) is 0 Å². The highest BCUT2D eigenvalue weighted by atomic mass is 16.2. The van der Waals surface area contributed by atoms with Gasteiger partial charge in [-0.15, -0.1) is 10.2 Å². The van der Waals surface area contributed by atoms with Crippen LogP contribution in [0.1, 0.15) is 17.5 Å². The van der Waals surface area contributed by atoms with Gasteiger partial charge in [-0.2, -0.15) is 5.21 Å². The van der Waals surface area contributed by atoms with E-state index in [9.17, 15) is 9.59 Å². The largest absolute Gasteiger partial charge is 0.339 e. The van der Waals surface area contributed by atoms with E-state index >= 15 is 0 Å². The standard InChI is InChI=1S/C8H12N6O2/c1-6(15)13-2-4-14(5-3-13)8(16)7-9-11-12-10-7/h2-5H2,1H3,(H,9,10,11,12). The molecule has 0 aromatic carbocycles. The molecule has 2 amide bonds. The SMILES string of the molecule is CC(=O)N1CCN(C(=O)c2nn[nH]n2)CC1. The maximum absolute atomic E-state index is 11.8. The first kappa shape index (κ1) is 10.5. The highest BCUT2D eigenvalue weighted by Crippen LogP contribution is 2.04. The van der Waals surface area contributed by atoms with Gasteiger partial charge in [0.1, 0.15) is 0 Å². The van der Waals surface area contributed by atoms with Crippen LogP contribution < -0.4 is 0 Å². The Morgan fingerprint density at radius 1 is 1.19 bits per heavy atom. The summed E-state index contributed by atoms with van der Waals surface area (Å²) >= 11 is 0. The van der Waals surface area contributed by atoms with Crippen LogP contribution >= 0.6 is 0 Å². The Kier molecular flexibility index (Phi) is 2.80. The Hall–Kier alpha value is -1.99. The average Bonchev–Trinajstić information content (AvgIpc) is 2.81. The molecule has 0 aliphatic carbocycles. The van der Waals surface area contributed by atoms with Gasteiger partial charge >= 0.3 is 0 Å². The molecule has 16 heavy (non-hydrogen) atoms. The molecular formula is C8H12N6O2. The molecule has 0 saturated carbocycles. The highest BCUT2D eigenvalue weighted by Gasteiger charge is 2.25. The summed E-state index contributed by atoms with van der Waals surface area (Å²) in [5, 5.41) is 12.8. The molecule has 2 heterocycles. The van der Waals surface area contributed by atoms with Crippen molar-refractivity contribution in [3.8, 4) is 0 Å². The van der Waals surface area contributed by atoms with Crippen LogP contribution in [0.15, 0.2) is 0 Å². The van der Waals surface area contributed by atoms with Gasteiger partial charge in [0.05, 0.1) is 0 Å². The number of hydrogen-bond acceptors (Lipinski definition) is 5. The van der Waals surface area contributed by atoms with E-state index in [0.29, 0.717) is 26.2 Å². The fraction of sp³-hybridized carbons (Fsp3) is 0.625. The lowest BCUT2D eigenvalue weighted by Crippen LogP contribution is -2.50. The number of carbonyl (C=O) groups is 2. The number of piperazine rings is 1. The Morgan fingerprint density at radius 3 is 2.31 bits per heavy atom. The summed E-state index contributed by atoms with van der Waals surface area (Å²) in [7, 11) is 0. The van der Waals surface area contributed by atoms with E-state index in [4.69, 9.17) is 0 Å². The first-order chi connectivity index (χ1) is 7.68. The lowest BCUT2D eigenvalue weighted by Gasteiger charge is -2.33. The average molecular weight is 224 g/mol. The number of aromatic nitrogens is 4. The Morgan fingerprint density at radius 2 is 1.81 bits per heavy atom. The monoisotopic (exact) mass is 224 g/mol. The van der Waals surface area contributed by atoms with Crippen LogP contribution in [0.2, 0.25) is 0 Å². The molecule has 1 aromatic heterocycles. The predicted molar refractivity (Wildman–Crippen MR) is 52.3 cm³/mol. The van der Waals surface area contributed by atoms with Gasteiger partial charge in [0.15, 0.2) is 0 Å². The van der Waals surface area contributed by atoms with E-state index in [1.54, 1.807) is 9.80 Å². The minimum atomic E-state index is -0.253. The maximum Gasteiger partial charge on any atom is 0.295 e. The number of amides is 2. The van der Waals surface area contributed by atoms with Gasteiger partial charge in [-0.25, -0.2) is 0 Å². The summed E-state index contributed by atoms with van der Waals surface area (Å²) in [4.78, 5) is 26.2. The zero-order valence-corrected chi connectivity index (χ0v) is 8.88. The molecule has 1 aliphatic rings. The second kappa shape index (κ2) is 4.25. The van der Waals surface area contributed by atoms with Crippen molar-refractivity contribution in [3.05, 3.63) is 5.82 Å². The number of aromatic amines is 1. The third-order valence-corrected chi connectivity index (χ3v) is 2.55. The molecule has 8 nitrogen and oxygen atoms in total. The second-order valence-electron chi connectivity index (χ2n) is 3.53. The minimum Gasteiger partial charge on any atom is -0.339 e. The van der Waals surface area contributed by atoms with E-state index in [2.05, 4.69) is 20.6 Å². The van der Waals surface area contributed by atoms with Gasteiger partial charge in [-0.05, 0) is 5.21 Å². The number of tetrazole rings is 1. The molecule has 86 valence electrons. The van der Waals surface area contributed by atoms with Crippen LogP contribution in [0, 0.1) is 0 Å². The molecule has 1 saturated heterocycles. The number of H-pyrrole nitrogens is 1.